The maximum absolute atomic E-state index is 12.5. The van der Waals surface area contributed by atoms with Gasteiger partial charge in [0.05, 0.1) is 5.56 Å². The first kappa shape index (κ1) is 15.3. The van der Waals surface area contributed by atoms with Crippen molar-refractivity contribution in [2.75, 3.05) is 25.0 Å². The molecule has 1 amide bonds. The SMILES string of the molecule is C[C@@H](C(=O)O)N(C)C(=O)c1cccnc1N1CCCCC1. The summed E-state index contributed by atoms with van der Waals surface area (Å²) in [6.45, 7) is 3.27. The molecule has 1 aromatic rings. The number of carboxylic acid groups (broad SMARTS) is 1. The van der Waals surface area contributed by atoms with Crippen molar-refractivity contribution in [2.45, 2.75) is 32.2 Å². The van der Waals surface area contributed by atoms with Crippen molar-refractivity contribution < 1.29 is 14.7 Å². The number of nitrogens with zero attached hydrogens (tertiary/aromatic N) is 3. The molecule has 2 rings (SSSR count). The molecule has 6 nitrogen and oxygen atoms in total. The third-order valence-corrected chi connectivity index (χ3v) is 3.93. The first-order valence-electron chi connectivity index (χ1n) is 7.22. The fourth-order valence-electron chi connectivity index (χ4n) is 2.45. The van der Waals surface area contributed by atoms with Gasteiger partial charge in [0.15, 0.2) is 0 Å². The molecule has 114 valence electrons. The number of aliphatic carboxylic acids is 1. The van der Waals surface area contributed by atoms with E-state index in [1.54, 1.807) is 18.3 Å². The van der Waals surface area contributed by atoms with E-state index in [1.807, 2.05) is 0 Å². The average molecular weight is 291 g/mol. The van der Waals surface area contributed by atoms with Crippen LogP contribution in [0.1, 0.15) is 36.5 Å². The van der Waals surface area contributed by atoms with Gasteiger partial charge in [-0.05, 0) is 38.3 Å². The van der Waals surface area contributed by atoms with E-state index in [-0.39, 0.29) is 5.91 Å². The lowest BCUT2D eigenvalue weighted by Crippen LogP contribution is -2.41. The zero-order valence-corrected chi connectivity index (χ0v) is 12.5. The Bertz CT molecular complexity index is 527. The minimum atomic E-state index is -1.02. The van der Waals surface area contributed by atoms with Crippen LogP contribution in [-0.4, -0.2) is 53.0 Å². The zero-order valence-electron chi connectivity index (χ0n) is 12.5. The van der Waals surface area contributed by atoms with Crippen molar-refractivity contribution in [3.05, 3.63) is 23.9 Å². The van der Waals surface area contributed by atoms with Gasteiger partial charge in [0.2, 0.25) is 0 Å². The molecule has 1 atom stereocenters. The monoisotopic (exact) mass is 291 g/mol. The average Bonchev–Trinajstić information content (AvgIpc) is 2.53. The molecule has 2 heterocycles. The van der Waals surface area contributed by atoms with Crippen LogP contribution in [0.2, 0.25) is 0 Å². The second-order valence-corrected chi connectivity index (χ2v) is 5.35. The molecule has 0 bridgehead atoms. The third-order valence-electron chi connectivity index (χ3n) is 3.93. The Balaban J connectivity index is 2.26. The van der Waals surface area contributed by atoms with E-state index < -0.39 is 12.0 Å². The predicted molar refractivity (Wildman–Crippen MR) is 79.5 cm³/mol. The van der Waals surface area contributed by atoms with Gasteiger partial charge >= 0.3 is 5.97 Å². The standard InChI is InChI=1S/C15H21N3O3/c1-11(15(20)21)17(2)14(19)12-7-6-8-16-13(12)18-9-4-3-5-10-18/h6-8,11H,3-5,9-10H2,1-2H3,(H,20,21)/t11-/m0/s1. The quantitative estimate of drug-likeness (QED) is 0.912. The van der Waals surface area contributed by atoms with Crippen LogP contribution >= 0.6 is 0 Å². The van der Waals surface area contributed by atoms with Crippen LogP contribution in [0.3, 0.4) is 0 Å². The van der Waals surface area contributed by atoms with Gasteiger partial charge < -0.3 is 14.9 Å². The molecule has 1 aliphatic heterocycles. The molecule has 1 saturated heterocycles. The van der Waals surface area contributed by atoms with E-state index in [0.29, 0.717) is 11.4 Å². The van der Waals surface area contributed by atoms with Crippen molar-refractivity contribution in [2.24, 2.45) is 0 Å². The van der Waals surface area contributed by atoms with Crippen LogP contribution < -0.4 is 4.90 Å². The van der Waals surface area contributed by atoms with Gasteiger partial charge in [-0.15, -0.1) is 0 Å². The number of likely N-dealkylation sites (N-methyl/N-ethyl adjacent to an activating group) is 1. The minimum Gasteiger partial charge on any atom is -0.480 e. The summed E-state index contributed by atoms with van der Waals surface area (Å²) in [5, 5.41) is 9.05. The number of aromatic nitrogens is 1. The maximum Gasteiger partial charge on any atom is 0.326 e. The number of hydrogen-bond acceptors (Lipinski definition) is 4. The predicted octanol–water partition coefficient (Wildman–Crippen LogP) is 1.62. The van der Waals surface area contributed by atoms with Crippen LogP contribution in [0, 0.1) is 0 Å². The lowest BCUT2D eigenvalue weighted by atomic mass is 10.1. The second-order valence-electron chi connectivity index (χ2n) is 5.35. The molecule has 1 aliphatic rings. The van der Waals surface area contributed by atoms with Gasteiger partial charge in [-0.2, -0.15) is 0 Å². The van der Waals surface area contributed by atoms with Gasteiger partial charge in [0.25, 0.3) is 5.91 Å². The van der Waals surface area contributed by atoms with Crippen molar-refractivity contribution in [3.8, 4) is 0 Å². The van der Waals surface area contributed by atoms with E-state index >= 15 is 0 Å². The first-order chi connectivity index (χ1) is 10.0. The Morgan fingerprint density at radius 2 is 2.00 bits per heavy atom. The smallest absolute Gasteiger partial charge is 0.326 e. The zero-order chi connectivity index (χ0) is 15.4. The molecule has 21 heavy (non-hydrogen) atoms. The van der Waals surface area contributed by atoms with Gasteiger partial charge in [0.1, 0.15) is 11.9 Å². The van der Waals surface area contributed by atoms with Crippen molar-refractivity contribution in [3.63, 3.8) is 0 Å². The van der Waals surface area contributed by atoms with Gasteiger partial charge in [-0.3, -0.25) is 4.79 Å². The van der Waals surface area contributed by atoms with Gasteiger partial charge in [-0.1, -0.05) is 0 Å². The number of carbonyl (C=O) groups is 2. The lowest BCUT2D eigenvalue weighted by molar-refractivity contribution is -0.141. The van der Waals surface area contributed by atoms with Crippen LogP contribution in [0.15, 0.2) is 18.3 Å². The number of carbonyl (C=O) groups excluding carboxylic acids is 1. The lowest BCUT2D eigenvalue weighted by Gasteiger charge is -2.30. The van der Waals surface area contributed by atoms with Gasteiger partial charge in [0, 0.05) is 26.3 Å². The summed E-state index contributed by atoms with van der Waals surface area (Å²) < 4.78 is 0. The molecule has 0 aromatic carbocycles. The highest BCUT2D eigenvalue weighted by Crippen LogP contribution is 2.23. The minimum absolute atomic E-state index is 0.307. The largest absolute Gasteiger partial charge is 0.480 e. The van der Waals surface area contributed by atoms with E-state index in [9.17, 15) is 9.59 Å². The summed E-state index contributed by atoms with van der Waals surface area (Å²) in [6, 6.07) is 2.55. The summed E-state index contributed by atoms with van der Waals surface area (Å²) in [6.07, 6.45) is 5.04. The van der Waals surface area contributed by atoms with E-state index in [1.165, 1.54) is 25.3 Å². The number of carboxylic acids is 1. The highest BCUT2D eigenvalue weighted by molar-refractivity contribution is 6.00. The molecule has 0 aliphatic carbocycles. The summed E-state index contributed by atoms with van der Waals surface area (Å²) in [5.41, 5.74) is 0.468. The molecule has 1 fully saturated rings. The molecule has 6 heteroatoms. The van der Waals surface area contributed by atoms with Crippen molar-refractivity contribution in [1.82, 2.24) is 9.88 Å². The van der Waals surface area contributed by atoms with Crippen LogP contribution in [0.25, 0.3) is 0 Å². The van der Waals surface area contributed by atoms with Gasteiger partial charge in [-0.25, -0.2) is 9.78 Å². The summed E-state index contributed by atoms with van der Waals surface area (Å²) in [5.74, 6) is -0.667. The highest BCUT2D eigenvalue weighted by Gasteiger charge is 2.26. The Labute approximate surface area is 124 Å². The molecular weight excluding hydrogens is 270 g/mol. The molecule has 0 spiro atoms. The molecule has 0 saturated carbocycles. The number of piperidine rings is 1. The van der Waals surface area contributed by atoms with Crippen LogP contribution in [0.5, 0.6) is 0 Å². The number of hydrogen-bond donors (Lipinski definition) is 1. The maximum atomic E-state index is 12.5. The van der Waals surface area contributed by atoms with Crippen LogP contribution in [0.4, 0.5) is 5.82 Å². The van der Waals surface area contributed by atoms with E-state index in [0.717, 1.165) is 25.9 Å². The fourth-order valence-corrected chi connectivity index (χ4v) is 2.45. The Hall–Kier alpha value is -2.11. The van der Waals surface area contributed by atoms with Crippen molar-refractivity contribution >= 4 is 17.7 Å². The molecular formula is C15H21N3O3. The van der Waals surface area contributed by atoms with E-state index in [2.05, 4.69) is 9.88 Å². The molecule has 1 N–H and O–H groups in total. The topological polar surface area (TPSA) is 73.7 Å². The highest BCUT2D eigenvalue weighted by atomic mass is 16.4. The third kappa shape index (κ3) is 3.32. The Morgan fingerprint density at radius 1 is 1.33 bits per heavy atom. The Morgan fingerprint density at radius 3 is 2.62 bits per heavy atom. The number of pyridine rings is 1. The summed E-state index contributed by atoms with van der Waals surface area (Å²) >= 11 is 0. The second kappa shape index (κ2) is 6.56. The van der Waals surface area contributed by atoms with E-state index in [4.69, 9.17) is 5.11 Å². The molecule has 0 radical (unpaired) electrons. The summed E-state index contributed by atoms with van der Waals surface area (Å²) in [4.78, 5) is 31.3. The molecule has 0 unspecified atom stereocenters. The molecule has 1 aromatic heterocycles. The van der Waals surface area contributed by atoms with Crippen LogP contribution in [-0.2, 0) is 4.79 Å². The number of anilines is 1. The Kier molecular flexibility index (Phi) is 4.77. The fraction of sp³-hybridized carbons (Fsp3) is 0.533. The number of amides is 1. The summed E-state index contributed by atoms with van der Waals surface area (Å²) in [7, 11) is 1.51. The normalized spacial score (nSPS) is 16.4. The number of rotatable bonds is 4. The van der Waals surface area contributed by atoms with Crippen molar-refractivity contribution in [1.29, 1.82) is 0 Å². The first-order valence-corrected chi connectivity index (χ1v) is 7.22.